The number of nitrogens with zero attached hydrogens (tertiary/aromatic N) is 1. The Morgan fingerprint density at radius 1 is 1.44 bits per heavy atom. The minimum absolute atomic E-state index is 0.232. The van der Waals surface area contributed by atoms with Crippen molar-refractivity contribution >= 4 is 23.2 Å². The minimum atomic E-state index is -0.764. The average Bonchev–Trinajstić information content (AvgIpc) is 3.02. The number of esters is 1. The predicted octanol–water partition coefficient (Wildman–Crippen LogP) is 1.58. The van der Waals surface area contributed by atoms with E-state index >= 15 is 0 Å². The van der Waals surface area contributed by atoms with E-state index in [9.17, 15) is 9.59 Å². The van der Waals surface area contributed by atoms with Crippen LogP contribution in [0.3, 0.4) is 0 Å². The zero-order valence-electron chi connectivity index (χ0n) is 10.6. The molecule has 1 atom stereocenters. The fourth-order valence-corrected chi connectivity index (χ4v) is 2.34. The molecule has 1 amide bonds. The van der Waals surface area contributed by atoms with E-state index in [1.165, 1.54) is 11.3 Å². The van der Waals surface area contributed by atoms with Crippen LogP contribution in [-0.2, 0) is 9.53 Å². The molecule has 1 heterocycles. The van der Waals surface area contributed by atoms with Gasteiger partial charge in [0.1, 0.15) is 4.88 Å². The Balaban J connectivity index is 1.93. The second-order valence-corrected chi connectivity index (χ2v) is 5.68. The van der Waals surface area contributed by atoms with Crippen molar-refractivity contribution in [2.75, 3.05) is 0 Å². The lowest BCUT2D eigenvalue weighted by atomic mass is 10.3. The molecule has 2 rings (SSSR count). The zero-order chi connectivity index (χ0) is 13.3. The van der Waals surface area contributed by atoms with Crippen molar-refractivity contribution in [2.45, 2.75) is 45.8 Å². The molecule has 0 aromatic carbocycles. The molecule has 0 aliphatic heterocycles. The van der Waals surface area contributed by atoms with Crippen LogP contribution >= 0.6 is 11.3 Å². The molecule has 0 bridgehead atoms. The Labute approximate surface area is 110 Å². The highest BCUT2D eigenvalue weighted by Gasteiger charge is 2.28. The Bertz CT molecular complexity index is 480. The summed E-state index contributed by atoms with van der Waals surface area (Å²) in [6, 6.07) is 0.269. The third-order valence-electron chi connectivity index (χ3n) is 2.67. The van der Waals surface area contributed by atoms with Crippen molar-refractivity contribution in [1.29, 1.82) is 0 Å². The van der Waals surface area contributed by atoms with Gasteiger partial charge in [-0.2, -0.15) is 0 Å². The second kappa shape index (κ2) is 5.06. The number of rotatable bonds is 4. The van der Waals surface area contributed by atoms with Crippen LogP contribution in [0.1, 0.15) is 40.1 Å². The molecule has 1 aromatic heterocycles. The Hall–Kier alpha value is -1.43. The molecule has 1 aliphatic rings. The first-order valence-electron chi connectivity index (χ1n) is 5.92. The van der Waals surface area contributed by atoms with Gasteiger partial charge in [0.25, 0.3) is 5.91 Å². The largest absolute Gasteiger partial charge is 0.448 e. The average molecular weight is 268 g/mol. The summed E-state index contributed by atoms with van der Waals surface area (Å²) in [5.74, 6) is -0.707. The van der Waals surface area contributed by atoms with Crippen molar-refractivity contribution < 1.29 is 14.3 Å². The van der Waals surface area contributed by atoms with Crippen molar-refractivity contribution in [3.63, 3.8) is 0 Å². The summed E-state index contributed by atoms with van der Waals surface area (Å²) in [5.41, 5.74) is 0.650. The van der Waals surface area contributed by atoms with Crippen LogP contribution in [0.25, 0.3) is 0 Å². The number of amides is 1. The van der Waals surface area contributed by atoms with E-state index in [2.05, 4.69) is 10.3 Å². The number of hydrogen-bond donors (Lipinski definition) is 1. The number of hydrogen-bond acceptors (Lipinski definition) is 5. The van der Waals surface area contributed by atoms with Gasteiger partial charge >= 0.3 is 5.97 Å². The molecule has 0 spiro atoms. The number of aromatic nitrogens is 1. The smallest absolute Gasteiger partial charge is 0.351 e. The maximum atomic E-state index is 11.9. The summed E-state index contributed by atoms with van der Waals surface area (Å²) >= 11 is 1.29. The van der Waals surface area contributed by atoms with Crippen molar-refractivity contribution in [1.82, 2.24) is 10.3 Å². The fourth-order valence-electron chi connectivity index (χ4n) is 1.53. The number of thiazole rings is 1. The van der Waals surface area contributed by atoms with Gasteiger partial charge < -0.3 is 10.1 Å². The molecular formula is C12H16N2O3S. The Morgan fingerprint density at radius 2 is 2.11 bits per heavy atom. The van der Waals surface area contributed by atoms with Crippen LogP contribution in [0.5, 0.6) is 0 Å². The topological polar surface area (TPSA) is 68.3 Å². The third kappa shape index (κ3) is 3.07. The molecule has 0 saturated heterocycles. The fraction of sp³-hybridized carbons (Fsp3) is 0.583. The molecule has 1 saturated carbocycles. The summed E-state index contributed by atoms with van der Waals surface area (Å²) in [6.07, 6.45) is 1.26. The number of ether oxygens (including phenoxy) is 1. The summed E-state index contributed by atoms with van der Waals surface area (Å²) < 4.78 is 5.14. The molecule has 1 N–H and O–H groups in total. The van der Waals surface area contributed by atoms with Gasteiger partial charge in [-0.05, 0) is 33.6 Å². The number of carbonyl (C=O) groups excluding carboxylic acids is 2. The lowest BCUT2D eigenvalue weighted by Gasteiger charge is -2.12. The summed E-state index contributed by atoms with van der Waals surface area (Å²) in [4.78, 5) is 28.1. The highest BCUT2D eigenvalue weighted by Crippen LogP contribution is 2.20. The number of aryl methyl sites for hydroxylation is 2. The summed E-state index contributed by atoms with van der Waals surface area (Å²) in [7, 11) is 0. The first kappa shape index (κ1) is 13.0. The molecule has 6 heteroatoms. The standard InChI is InChI=1S/C12H16N2O3S/c1-6-10(18-8(3)13-6)12(16)17-7(2)11(15)14-9-4-5-9/h7,9H,4-5H2,1-3H3,(H,14,15)/t7-/m1/s1. The van der Waals surface area contributed by atoms with E-state index in [0.29, 0.717) is 10.6 Å². The van der Waals surface area contributed by atoms with Crippen molar-refractivity contribution in [3.05, 3.63) is 15.6 Å². The van der Waals surface area contributed by atoms with E-state index < -0.39 is 12.1 Å². The van der Waals surface area contributed by atoms with Crippen LogP contribution in [0.2, 0.25) is 0 Å². The van der Waals surface area contributed by atoms with Gasteiger partial charge in [-0.25, -0.2) is 9.78 Å². The van der Waals surface area contributed by atoms with Gasteiger partial charge in [0.15, 0.2) is 6.10 Å². The van der Waals surface area contributed by atoms with Gasteiger partial charge in [-0.3, -0.25) is 4.79 Å². The Morgan fingerprint density at radius 3 is 2.61 bits per heavy atom. The van der Waals surface area contributed by atoms with Crippen LogP contribution < -0.4 is 5.32 Å². The molecule has 18 heavy (non-hydrogen) atoms. The maximum absolute atomic E-state index is 11.9. The lowest BCUT2D eigenvalue weighted by Crippen LogP contribution is -2.37. The monoisotopic (exact) mass is 268 g/mol. The molecule has 0 radical (unpaired) electrons. The molecule has 1 aromatic rings. The van der Waals surface area contributed by atoms with E-state index in [4.69, 9.17) is 4.74 Å². The van der Waals surface area contributed by atoms with Crippen LogP contribution in [0.15, 0.2) is 0 Å². The summed E-state index contributed by atoms with van der Waals surface area (Å²) in [6.45, 7) is 5.17. The highest BCUT2D eigenvalue weighted by molar-refractivity contribution is 7.13. The molecule has 5 nitrogen and oxygen atoms in total. The normalized spacial score (nSPS) is 16.2. The van der Waals surface area contributed by atoms with E-state index in [-0.39, 0.29) is 11.9 Å². The zero-order valence-corrected chi connectivity index (χ0v) is 11.5. The molecule has 98 valence electrons. The molecule has 1 fully saturated rings. The molecular weight excluding hydrogens is 252 g/mol. The maximum Gasteiger partial charge on any atom is 0.351 e. The van der Waals surface area contributed by atoms with Crippen LogP contribution in [0.4, 0.5) is 0 Å². The van der Waals surface area contributed by atoms with E-state index in [0.717, 1.165) is 17.8 Å². The highest BCUT2D eigenvalue weighted by atomic mass is 32.1. The quantitative estimate of drug-likeness (QED) is 0.842. The first-order valence-corrected chi connectivity index (χ1v) is 6.74. The van der Waals surface area contributed by atoms with Crippen LogP contribution in [0, 0.1) is 13.8 Å². The van der Waals surface area contributed by atoms with E-state index in [1.54, 1.807) is 13.8 Å². The number of nitrogens with one attached hydrogen (secondary N) is 1. The second-order valence-electron chi connectivity index (χ2n) is 4.48. The van der Waals surface area contributed by atoms with Gasteiger partial charge in [0.05, 0.1) is 10.7 Å². The first-order chi connectivity index (χ1) is 8.47. The van der Waals surface area contributed by atoms with Gasteiger partial charge in [0, 0.05) is 6.04 Å². The lowest BCUT2D eigenvalue weighted by molar-refractivity contribution is -0.129. The minimum Gasteiger partial charge on any atom is -0.448 e. The number of carbonyl (C=O) groups is 2. The van der Waals surface area contributed by atoms with Gasteiger partial charge in [-0.15, -0.1) is 11.3 Å². The molecule has 1 aliphatic carbocycles. The van der Waals surface area contributed by atoms with Gasteiger partial charge in [-0.1, -0.05) is 0 Å². The third-order valence-corrected chi connectivity index (χ3v) is 3.72. The SMILES string of the molecule is Cc1nc(C)c(C(=O)O[C@H](C)C(=O)NC2CC2)s1. The summed E-state index contributed by atoms with van der Waals surface area (Å²) in [5, 5.41) is 3.62. The van der Waals surface area contributed by atoms with Crippen molar-refractivity contribution in [3.8, 4) is 0 Å². The molecule has 0 unspecified atom stereocenters. The van der Waals surface area contributed by atoms with Crippen molar-refractivity contribution in [2.24, 2.45) is 0 Å². The Kier molecular flexibility index (Phi) is 3.65. The van der Waals surface area contributed by atoms with Gasteiger partial charge in [0.2, 0.25) is 0 Å². The van der Waals surface area contributed by atoms with Crippen LogP contribution in [-0.4, -0.2) is 29.0 Å². The van der Waals surface area contributed by atoms with E-state index in [1.807, 2.05) is 6.92 Å². The predicted molar refractivity (Wildman–Crippen MR) is 67.6 cm³/mol.